The van der Waals surface area contributed by atoms with Gasteiger partial charge in [-0.1, -0.05) is 0 Å². The van der Waals surface area contributed by atoms with E-state index in [2.05, 4.69) is 15.0 Å². The monoisotopic (exact) mass is 560 g/mol. The number of carbonyl (C=O) groups is 3. The fourth-order valence-electron chi connectivity index (χ4n) is 5.08. The molecular weight excluding hydrogens is 524 g/mol. The van der Waals surface area contributed by atoms with Gasteiger partial charge >= 0.3 is 12.1 Å². The number of carbonyl (C=O) groups excluding carboxylic acids is 3. The van der Waals surface area contributed by atoms with Crippen LogP contribution in [-0.2, 0) is 25.6 Å². The summed E-state index contributed by atoms with van der Waals surface area (Å²) in [5, 5.41) is 1.57. The minimum atomic E-state index is -0.862. The van der Waals surface area contributed by atoms with E-state index in [0.717, 1.165) is 16.3 Å². The van der Waals surface area contributed by atoms with Crippen LogP contribution in [0.15, 0.2) is 49.1 Å². The van der Waals surface area contributed by atoms with Crippen molar-refractivity contribution in [2.75, 3.05) is 19.6 Å². The van der Waals surface area contributed by atoms with Crippen molar-refractivity contribution in [3.63, 3.8) is 0 Å². The Kier molecular flexibility index (Phi) is 7.33. The number of fused-ring (bicyclic) bond motifs is 2. The van der Waals surface area contributed by atoms with Gasteiger partial charge < -0.3 is 19.4 Å². The maximum atomic E-state index is 13.6. The molecule has 1 N–H and O–H groups in total. The number of piperazine rings is 1. The lowest BCUT2D eigenvalue weighted by atomic mass is 10.1. The Morgan fingerprint density at radius 1 is 1.02 bits per heavy atom. The van der Waals surface area contributed by atoms with Crippen LogP contribution in [0.5, 0.6) is 0 Å². The molecule has 0 spiro atoms. The first-order valence-electron chi connectivity index (χ1n) is 13.6. The number of nitrogens with one attached hydrogen (secondary N) is 1. The molecule has 0 saturated carbocycles. The number of esters is 1. The topological polar surface area (TPSA) is 123 Å². The Bertz CT molecular complexity index is 1610. The molecule has 0 radical (unpaired) electrons. The Hall–Kier alpha value is -4.25. The predicted octanol–water partition coefficient (Wildman–Crippen LogP) is 4.42. The van der Waals surface area contributed by atoms with Gasteiger partial charge in [-0.3, -0.25) is 19.7 Å². The summed E-state index contributed by atoms with van der Waals surface area (Å²) < 4.78 is 13.0. The first kappa shape index (κ1) is 28.3. The van der Waals surface area contributed by atoms with Gasteiger partial charge in [-0.05, 0) is 65.8 Å². The number of nitrogens with zero attached hydrogens (tertiary/aromatic N) is 5. The number of amides is 1. The van der Waals surface area contributed by atoms with E-state index in [-0.39, 0.29) is 19.0 Å². The highest BCUT2D eigenvalue weighted by molar-refractivity contribution is 5.91. The lowest BCUT2D eigenvalue weighted by Crippen LogP contribution is -2.53. The zero-order chi connectivity index (χ0) is 29.5. The van der Waals surface area contributed by atoms with Gasteiger partial charge in [0.05, 0.1) is 24.3 Å². The number of aromatic nitrogens is 4. The Morgan fingerprint density at radius 3 is 2.49 bits per heavy atom. The summed E-state index contributed by atoms with van der Waals surface area (Å²) in [5.41, 5.74) is 1.26. The second-order valence-corrected chi connectivity index (χ2v) is 12.2. The fraction of sp³-hybridized carbons (Fsp3) is 0.433. The summed E-state index contributed by atoms with van der Waals surface area (Å²) in [6.07, 6.45) is 6.22. The zero-order valence-corrected chi connectivity index (χ0v) is 24.3. The molecular formula is C30H36N6O5. The quantitative estimate of drug-likeness (QED) is 0.356. The Balaban J connectivity index is 1.42. The standard InChI is InChI=1S/C30H36N6O5/c1-29(2,3)40-27(38)26(25-21-7-11-32-22(21)8-12-33-25)35-14-13-34(24(37)18-35)17-20-15-19-16-31-10-9-23(19)36(20)28(39)41-30(4,5)6/h7-12,15-16,26,32H,13-14,17-18H2,1-6H3. The van der Waals surface area contributed by atoms with E-state index >= 15 is 0 Å². The van der Waals surface area contributed by atoms with Crippen LogP contribution in [0.4, 0.5) is 4.79 Å². The minimum absolute atomic E-state index is 0.0133. The summed E-state index contributed by atoms with van der Waals surface area (Å²) in [4.78, 5) is 55.7. The largest absolute Gasteiger partial charge is 0.458 e. The molecule has 0 aliphatic carbocycles. The molecule has 1 aliphatic heterocycles. The lowest BCUT2D eigenvalue weighted by molar-refractivity contribution is -0.163. The van der Waals surface area contributed by atoms with E-state index in [1.165, 1.54) is 4.57 Å². The molecule has 41 heavy (non-hydrogen) atoms. The number of hydrogen-bond donors (Lipinski definition) is 1. The first-order valence-corrected chi connectivity index (χ1v) is 13.6. The molecule has 1 amide bonds. The number of pyridine rings is 2. The molecule has 4 aromatic rings. The number of rotatable bonds is 5. The van der Waals surface area contributed by atoms with Crippen LogP contribution >= 0.6 is 0 Å². The van der Waals surface area contributed by atoms with Crippen molar-refractivity contribution in [1.82, 2.24) is 29.3 Å². The third-order valence-corrected chi connectivity index (χ3v) is 6.72. The van der Waals surface area contributed by atoms with E-state index in [0.29, 0.717) is 30.0 Å². The van der Waals surface area contributed by atoms with Crippen molar-refractivity contribution >= 4 is 39.8 Å². The van der Waals surface area contributed by atoms with Crippen LogP contribution in [0.1, 0.15) is 59.0 Å². The summed E-state index contributed by atoms with van der Waals surface area (Å²) in [6.45, 7) is 11.8. The zero-order valence-electron chi connectivity index (χ0n) is 24.3. The fourth-order valence-corrected chi connectivity index (χ4v) is 5.08. The van der Waals surface area contributed by atoms with Crippen LogP contribution in [0.2, 0.25) is 0 Å². The van der Waals surface area contributed by atoms with E-state index in [9.17, 15) is 14.4 Å². The summed E-state index contributed by atoms with van der Waals surface area (Å²) in [5.74, 6) is -0.636. The average Bonchev–Trinajstić information content (AvgIpc) is 3.48. The second-order valence-electron chi connectivity index (χ2n) is 12.2. The molecule has 1 fully saturated rings. The molecule has 4 aromatic heterocycles. The van der Waals surface area contributed by atoms with Gasteiger partial charge in [0.15, 0.2) is 6.04 Å². The van der Waals surface area contributed by atoms with Crippen LogP contribution in [-0.4, -0.2) is 78.1 Å². The maximum absolute atomic E-state index is 13.6. The normalized spacial score (nSPS) is 15.9. The number of hydrogen-bond acceptors (Lipinski definition) is 8. The van der Waals surface area contributed by atoms with Crippen molar-refractivity contribution < 1.29 is 23.9 Å². The molecule has 1 saturated heterocycles. The van der Waals surface area contributed by atoms with Gasteiger partial charge in [-0.2, -0.15) is 0 Å². The van der Waals surface area contributed by atoms with E-state index < -0.39 is 29.3 Å². The summed E-state index contributed by atoms with van der Waals surface area (Å²) >= 11 is 0. The molecule has 1 aliphatic rings. The van der Waals surface area contributed by atoms with E-state index in [1.807, 2.05) is 64.6 Å². The molecule has 11 heteroatoms. The molecule has 11 nitrogen and oxygen atoms in total. The second kappa shape index (κ2) is 10.6. The van der Waals surface area contributed by atoms with Gasteiger partial charge in [-0.15, -0.1) is 0 Å². The number of H-pyrrole nitrogens is 1. The highest BCUT2D eigenvalue weighted by atomic mass is 16.6. The summed E-state index contributed by atoms with van der Waals surface area (Å²) in [7, 11) is 0. The molecule has 5 rings (SSSR count). The smallest absolute Gasteiger partial charge is 0.419 e. The Morgan fingerprint density at radius 2 is 1.78 bits per heavy atom. The molecule has 0 aromatic carbocycles. The van der Waals surface area contributed by atoms with Crippen molar-refractivity contribution in [2.24, 2.45) is 0 Å². The first-order chi connectivity index (χ1) is 19.3. The average molecular weight is 561 g/mol. The van der Waals surface area contributed by atoms with Crippen molar-refractivity contribution in [3.8, 4) is 0 Å². The molecule has 5 heterocycles. The molecule has 1 unspecified atom stereocenters. The third kappa shape index (κ3) is 6.09. The minimum Gasteiger partial charge on any atom is -0.458 e. The van der Waals surface area contributed by atoms with Gasteiger partial charge in [0.2, 0.25) is 5.91 Å². The van der Waals surface area contributed by atoms with Crippen molar-refractivity contribution in [2.45, 2.75) is 65.3 Å². The third-order valence-electron chi connectivity index (χ3n) is 6.72. The molecule has 1 atom stereocenters. The van der Waals surface area contributed by atoms with Gasteiger partial charge in [0.25, 0.3) is 0 Å². The van der Waals surface area contributed by atoms with Crippen LogP contribution < -0.4 is 0 Å². The van der Waals surface area contributed by atoms with Crippen LogP contribution in [0, 0.1) is 0 Å². The van der Waals surface area contributed by atoms with Gasteiger partial charge in [-0.25, -0.2) is 14.2 Å². The SMILES string of the molecule is CC(C)(C)OC(=O)C(c1nccc2[nH]ccc12)N1CCN(Cc2cc3cnccc3n2C(=O)OC(C)(C)C)C(=O)C1. The van der Waals surface area contributed by atoms with Crippen LogP contribution in [0.3, 0.4) is 0 Å². The molecule has 0 bridgehead atoms. The highest BCUT2D eigenvalue weighted by Crippen LogP contribution is 2.31. The van der Waals surface area contributed by atoms with E-state index in [4.69, 9.17) is 9.47 Å². The lowest BCUT2D eigenvalue weighted by Gasteiger charge is -2.38. The molecule has 216 valence electrons. The van der Waals surface area contributed by atoms with Gasteiger partial charge in [0, 0.05) is 59.9 Å². The van der Waals surface area contributed by atoms with Crippen molar-refractivity contribution in [3.05, 3.63) is 60.4 Å². The Labute approximate surface area is 238 Å². The number of ether oxygens (including phenoxy) is 2. The van der Waals surface area contributed by atoms with Crippen molar-refractivity contribution in [1.29, 1.82) is 0 Å². The van der Waals surface area contributed by atoms with Crippen LogP contribution in [0.25, 0.3) is 21.8 Å². The number of aromatic amines is 1. The predicted molar refractivity (Wildman–Crippen MR) is 153 cm³/mol. The highest BCUT2D eigenvalue weighted by Gasteiger charge is 2.38. The summed E-state index contributed by atoms with van der Waals surface area (Å²) in [6, 6.07) is 6.46. The van der Waals surface area contributed by atoms with Gasteiger partial charge in [0.1, 0.15) is 11.2 Å². The van der Waals surface area contributed by atoms with E-state index in [1.54, 1.807) is 35.8 Å². The maximum Gasteiger partial charge on any atom is 0.419 e.